The third-order valence-corrected chi connectivity index (χ3v) is 0.957. The fraction of sp³-hybridized carbons (Fsp3) is 0.250. The second-order valence-electron chi connectivity index (χ2n) is 1.59. The summed E-state index contributed by atoms with van der Waals surface area (Å²) in [5.74, 6) is -0.611. The van der Waals surface area contributed by atoms with E-state index >= 15 is 0 Å². The van der Waals surface area contributed by atoms with Crippen molar-refractivity contribution in [3.05, 3.63) is 0 Å². The van der Waals surface area contributed by atoms with Gasteiger partial charge in [0.2, 0.25) is 0 Å². The highest BCUT2D eigenvalue weighted by atomic mass is 16.1. The van der Waals surface area contributed by atoms with E-state index in [1.807, 2.05) is 0 Å². The molecule has 1 aliphatic rings. The first-order valence-electron chi connectivity index (χ1n) is 2.36. The predicted molar refractivity (Wildman–Crippen MR) is 33.1 cm³/mol. The Kier molecular flexibility index (Phi) is 1.27. The highest BCUT2D eigenvalue weighted by molar-refractivity contribution is 6.42. The highest BCUT2D eigenvalue weighted by Gasteiger charge is 2.17. The lowest BCUT2D eigenvalue weighted by Crippen LogP contribution is -2.36. The maximum Gasteiger partial charge on any atom is 0.266 e. The Morgan fingerprint density at radius 2 is 2.44 bits per heavy atom. The molecule has 5 nitrogen and oxygen atoms in total. The van der Waals surface area contributed by atoms with Crippen molar-refractivity contribution >= 4 is 18.0 Å². The number of primary amides is 1. The summed E-state index contributed by atoms with van der Waals surface area (Å²) in [6.45, 7) is 0. The first kappa shape index (κ1) is 5.90. The molecule has 0 radical (unpaired) electrons. The van der Waals surface area contributed by atoms with Crippen LogP contribution in [0.25, 0.3) is 0 Å². The van der Waals surface area contributed by atoms with Gasteiger partial charge in [0.05, 0.1) is 0 Å². The van der Waals surface area contributed by atoms with E-state index in [9.17, 15) is 4.79 Å². The smallest absolute Gasteiger partial charge is 0.266 e. The van der Waals surface area contributed by atoms with Gasteiger partial charge in [-0.2, -0.15) is 0 Å². The normalized spacial score (nSPS) is 24.1. The van der Waals surface area contributed by atoms with Crippen LogP contribution in [0.4, 0.5) is 0 Å². The van der Waals surface area contributed by atoms with Gasteiger partial charge in [0.15, 0.2) is 0 Å². The zero-order chi connectivity index (χ0) is 6.85. The number of carbonyl (C=O) groups is 1. The summed E-state index contributed by atoms with van der Waals surface area (Å²) in [6, 6.07) is 0. The number of nitrogens with zero attached hydrogens (tertiary/aromatic N) is 2. The number of nitrogens with two attached hydrogens (primary N) is 2. The van der Waals surface area contributed by atoms with Crippen LogP contribution >= 0.6 is 0 Å². The predicted octanol–water partition coefficient (Wildman–Crippen LogP) is -1.76. The van der Waals surface area contributed by atoms with Gasteiger partial charge in [0.1, 0.15) is 18.2 Å². The summed E-state index contributed by atoms with van der Waals surface area (Å²) in [7, 11) is 0. The van der Waals surface area contributed by atoms with Gasteiger partial charge in [-0.05, 0) is 0 Å². The van der Waals surface area contributed by atoms with Crippen LogP contribution in [0.2, 0.25) is 0 Å². The van der Waals surface area contributed by atoms with Gasteiger partial charge in [-0.15, -0.1) is 0 Å². The molecule has 1 rings (SSSR count). The van der Waals surface area contributed by atoms with Crippen LogP contribution in [0.1, 0.15) is 0 Å². The van der Waals surface area contributed by atoms with Crippen molar-refractivity contribution in [2.24, 2.45) is 21.5 Å². The zero-order valence-electron chi connectivity index (χ0n) is 4.61. The minimum absolute atomic E-state index is 0.120. The molecule has 0 aliphatic carbocycles. The Labute approximate surface area is 51.5 Å². The van der Waals surface area contributed by atoms with Crippen molar-refractivity contribution in [3.63, 3.8) is 0 Å². The zero-order valence-corrected chi connectivity index (χ0v) is 4.61. The molecule has 9 heavy (non-hydrogen) atoms. The maximum atomic E-state index is 10.3. The SMILES string of the molecule is NC(=O)C1=NC=NC1N. The molecule has 0 aromatic carbocycles. The third kappa shape index (κ3) is 0.945. The molecule has 0 bridgehead atoms. The van der Waals surface area contributed by atoms with Crippen LogP contribution in [-0.2, 0) is 4.79 Å². The summed E-state index contributed by atoms with van der Waals surface area (Å²) < 4.78 is 0. The first-order chi connectivity index (χ1) is 4.22. The van der Waals surface area contributed by atoms with Gasteiger partial charge >= 0.3 is 0 Å². The number of aliphatic imine (C=N–C) groups is 2. The third-order valence-electron chi connectivity index (χ3n) is 0.957. The van der Waals surface area contributed by atoms with E-state index in [0.29, 0.717) is 0 Å². The summed E-state index contributed by atoms with van der Waals surface area (Å²) in [5.41, 5.74) is 10.2. The monoisotopic (exact) mass is 126 g/mol. The van der Waals surface area contributed by atoms with Crippen molar-refractivity contribution in [1.82, 2.24) is 0 Å². The molecule has 4 N–H and O–H groups in total. The largest absolute Gasteiger partial charge is 0.364 e. The van der Waals surface area contributed by atoms with Crippen LogP contribution < -0.4 is 11.5 Å². The number of hydrogen-bond acceptors (Lipinski definition) is 4. The molecule has 0 fully saturated rings. The fourth-order valence-corrected chi connectivity index (χ4v) is 0.524. The second-order valence-corrected chi connectivity index (χ2v) is 1.59. The van der Waals surface area contributed by atoms with Crippen LogP contribution in [0.15, 0.2) is 9.98 Å². The summed E-state index contributed by atoms with van der Waals surface area (Å²) in [6.07, 6.45) is 0.576. The molecule has 1 aliphatic heterocycles. The average Bonchev–Trinajstić information content (AvgIpc) is 2.13. The van der Waals surface area contributed by atoms with E-state index < -0.39 is 12.1 Å². The number of hydrogen-bond donors (Lipinski definition) is 2. The lowest BCUT2D eigenvalue weighted by Gasteiger charge is -1.97. The molecule has 1 amide bonds. The molecule has 1 atom stereocenters. The van der Waals surface area contributed by atoms with Crippen LogP contribution in [-0.4, -0.2) is 24.1 Å². The van der Waals surface area contributed by atoms with Crippen molar-refractivity contribution < 1.29 is 4.79 Å². The van der Waals surface area contributed by atoms with Crippen LogP contribution in [0.5, 0.6) is 0 Å². The van der Waals surface area contributed by atoms with Gasteiger partial charge in [-0.1, -0.05) is 0 Å². The van der Waals surface area contributed by atoms with E-state index in [2.05, 4.69) is 9.98 Å². The van der Waals surface area contributed by atoms with E-state index in [-0.39, 0.29) is 5.71 Å². The van der Waals surface area contributed by atoms with Crippen molar-refractivity contribution in [1.29, 1.82) is 0 Å². The van der Waals surface area contributed by atoms with E-state index in [0.717, 1.165) is 0 Å². The van der Waals surface area contributed by atoms with Crippen molar-refractivity contribution in [3.8, 4) is 0 Å². The van der Waals surface area contributed by atoms with Crippen molar-refractivity contribution in [2.75, 3.05) is 0 Å². The Morgan fingerprint density at radius 1 is 1.78 bits per heavy atom. The van der Waals surface area contributed by atoms with E-state index in [4.69, 9.17) is 11.5 Å². The topological polar surface area (TPSA) is 93.8 Å². The molecule has 5 heteroatoms. The highest BCUT2D eigenvalue weighted by Crippen LogP contribution is 1.92. The lowest BCUT2D eigenvalue weighted by atomic mass is 10.3. The molecule has 0 aromatic rings. The van der Waals surface area contributed by atoms with Gasteiger partial charge in [-0.25, -0.2) is 9.98 Å². The summed E-state index contributed by atoms with van der Waals surface area (Å²) in [5, 5.41) is 0. The average molecular weight is 126 g/mol. The Balaban J connectivity index is 2.76. The summed E-state index contributed by atoms with van der Waals surface area (Å²) >= 11 is 0. The van der Waals surface area contributed by atoms with Crippen LogP contribution in [0.3, 0.4) is 0 Å². The van der Waals surface area contributed by atoms with E-state index in [1.54, 1.807) is 0 Å². The molecule has 0 saturated carbocycles. The minimum Gasteiger partial charge on any atom is -0.364 e. The molecule has 1 unspecified atom stereocenters. The van der Waals surface area contributed by atoms with Gasteiger partial charge < -0.3 is 11.5 Å². The second kappa shape index (κ2) is 1.94. The Hall–Kier alpha value is -1.23. The maximum absolute atomic E-state index is 10.3. The van der Waals surface area contributed by atoms with Crippen LogP contribution in [0, 0.1) is 0 Å². The van der Waals surface area contributed by atoms with Crippen molar-refractivity contribution in [2.45, 2.75) is 6.17 Å². The lowest BCUT2D eigenvalue weighted by molar-refractivity contribution is -0.112. The number of carbonyl (C=O) groups excluding carboxylic acids is 1. The Morgan fingerprint density at radius 3 is 2.67 bits per heavy atom. The molecule has 1 heterocycles. The molecule has 0 aromatic heterocycles. The number of amides is 1. The summed E-state index contributed by atoms with van der Waals surface area (Å²) in [4.78, 5) is 17.5. The minimum atomic E-state index is -0.650. The molecule has 0 spiro atoms. The van der Waals surface area contributed by atoms with Gasteiger partial charge in [0, 0.05) is 0 Å². The molecule has 0 saturated heterocycles. The standard InChI is InChI=1S/C4H6N4O/c5-3-2(4(6)9)7-1-8-3/h1,3H,5H2,(H2,6,9). The van der Waals surface area contributed by atoms with E-state index in [1.165, 1.54) is 6.34 Å². The van der Waals surface area contributed by atoms with Gasteiger partial charge in [-0.3, -0.25) is 4.79 Å². The Bertz CT molecular complexity index is 195. The fourth-order valence-electron chi connectivity index (χ4n) is 0.524. The molecular formula is C4H6N4O. The first-order valence-corrected chi connectivity index (χ1v) is 2.36. The van der Waals surface area contributed by atoms with Gasteiger partial charge in [0.25, 0.3) is 5.91 Å². The molecular weight excluding hydrogens is 120 g/mol. The quantitative estimate of drug-likeness (QED) is 0.435. The number of rotatable bonds is 1. The molecule has 48 valence electrons.